The monoisotopic (exact) mass is 301 g/mol. The molecule has 0 aliphatic carbocycles. The fraction of sp³-hybridized carbons (Fsp3) is 0.278. The van der Waals surface area contributed by atoms with E-state index < -0.39 is 0 Å². The van der Waals surface area contributed by atoms with E-state index in [0.29, 0.717) is 24.3 Å². The predicted molar refractivity (Wildman–Crippen MR) is 85.6 cm³/mol. The van der Waals surface area contributed by atoms with Gasteiger partial charge in [0.15, 0.2) is 0 Å². The number of carbonyl (C=O) groups is 1. The topological polar surface area (TPSA) is 38.3 Å². The Kier molecular flexibility index (Phi) is 5.53. The van der Waals surface area contributed by atoms with Gasteiger partial charge in [-0.2, -0.15) is 0 Å². The Balaban J connectivity index is 1.93. The standard InChI is InChI=1S/C18H20FNO2/c1-13(2)22-17-6-4-3-5-16(17)20-18(21)12-9-14-7-10-15(19)11-8-14/h3-8,10-11,13H,9,12H2,1-2H3,(H,20,21). The maximum Gasteiger partial charge on any atom is 0.224 e. The second kappa shape index (κ2) is 7.59. The summed E-state index contributed by atoms with van der Waals surface area (Å²) < 4.78 is 18.5. The first-order chi connectivity index (χ1) is 10.5. The molecule has 0 heterocycles. The van der Waals surface area contributed by atoms with Crippen LogP contribution in [0.2, 0.25) is 0 Å². The third kappa shape index (κ3) is 4.88. The third-order valence-corrected chi connectivity index (χ3v) is 3.08. The van der Waals surface area contributed by atoms with Gasteiger partial charge < -0.3 is 10.1 Å². The second-order valence-electron chi connectivity index (χ2n) is 5.34. The number of aryl methyl sites for hydroxylation is 1. The van der Waals surface area contributed by atoms with Gasteiger partial charge in [0.25, 0.3) is 0 Å². The molecule has 0 fully saturated rings. The molecule has 22 heavy (non-hydrogen) atoms. The van der Waals surface area contributed by atoms with Gasteiger partial charge >= 0.3 is 0 Å². The minimum atomic E-state index is -0.270. The number of carbonyl (C=O) groups excluding carboxylic acids is 1. The minimum Gasteiger partial charge on any atom is -0.489 e. The summed E-state index contributed by atoms with van der Waals surface area (Å²) in [7, 11) is 0. The summed E-state index contributed by atoms with van der Waals surface area (Å²) >= 11 is 0. The molecule has 3 nitrogen and oxygen atoms in total. The van der Waals surface area contributed by atoms with Gasteiger partial charge in [0.05, 0.1) is 11.8 Å². The average molecular weight is 301 g/mol. The number of anilines is 1. The highest BCUT2D eigenvalue weighted by atomic mass is 19.1. The number of benzene rings is 2. The van der Waals surface area contributed by atoms with Gasteiger partial charge in [0.2, 0.25) is 5.91 Å². The van der Waals surface area contributed by atoms with Gasteiger partial charge in [-0.1, -0.05) is 24.3 Å². The van der Waals surface area contributed by atoms with Crippen molar-refractivity contribution in [1.82, 2.24) is 0 Å². The highest BCUT2D eigenvalue weighted by Gasteiger charge is 2.09. The van der Waals surface area contributed by atoms with E-state index in [1.54, 1.807) is 12.1 Å². The Labute approximate surface area is 130 Å². The Morgan fingerprint density at radius 3 is 2.50 bits per heavy atom. The number of ether oxygens (including phenoxy) is 1. The number of hydrogen-bond donors (Lipinski definition) is 1. The number of amides is 1. The summed E-state index contributed by atoms with van der Waals surface area (Å²) in [5.74, 6) is 0.296. The largest absolute Gasteiger partial charge is 0.489 e. The van der Waals surface area contributed by atoms with E-state index in [9.17, 15) is 9.18 Å². The summed E-state index contributed by atoms with van der Waals surface area (Å²) in [4.78, 5) is 12.0. The normalized spacial score (nSPS) is 10.5. The van der Waals surface area contributed by atoms with Gasteiger partial charge in [-0.05, 0) is 50.1 Å². The zero-order chi connectivity index (χ0) is 15.9. The fourth-order valence-corrected chi connectivity index (χ4v) is 2.05. The summed E-state index contributed by atoms with van der Waals surface area (Å²) in [5.41, 5.74) is 1.60. The van der Waals surface area contributed by atoms with Crippen molar-refractivity contribution in [3.63, 3.8) is 0 Å². The Bertz CT molecular complexity index is 623. The predicted octanol–water partition coefficient (Wildman–Crippen LogP) is 4.18. The van der Waals surface area contributed by atoms with Gasteiger partial charge in [0, 0.05) is 6.42 Å². The first-order valence-corrected chi connectivity index (χ1v) is 7.34. The molecule has 2 rings (SSSR count). The smallest absolute Gasteiger partial charge is 0.224 e. The van der Waals surface area contributed by atoms with Gasteiger partial charge in [-0.3, -0.25) is 4.79 Å². The number of hydrogen-bond acceptors (Lipinski definition) is 2. The first kappa shape index (κ1) is 16.0. The van der Waals surface area contributed by atoms with Crippen molar-refractivity contribution in [2.75, 3.05) is 5.32 Å². The fourth-order valence-electron chi connectivity index (χ4n) is 2.05. The molecule has 1 amide bonds. The number of nitrogens with one attached hydrogen (secondary N) is 1. The molecule has 0 aliphatic rings. The molecule has 0 bridgehead atoms. The molecular formula is C18H20FNO2. The quantitative estimate of drug-likeness (QED) is 0.869. The maximum atomic E-state index is 12.8. The zero-order valence-electron chi connectivity index (χ0n) is 12.8. The lowest BCUT2D eigenvalue weighted by molar-refractivity contribution is -0.116. The highest BCUT2D eigenvalue weighted by molar-refractivity contribution is 5.92. The molecule has 0 unspecified atom stereocenters. The van der Waals surface area contributed by atoms with Crippen LogP contribution in [0, 0.1) is 5.82 Å². The van der Waals surface area contributed by atoms with Crippen LogP contribution in [0.25, 0.3) is 0 Å². The molecule has 1 N–H and O–H groups in total. The van der Waals surface area contributed by atoms with Crippen LogP contribution in [0.5, 0.6) is 5.75 Å². The van der Waals surface area contributed by atoms with Crippen molar-refractivity contribution in [1.29, 1.82) is 0 Å². The molecular weight excluding hydrogens is 281 g/mol. The van der Waals surface area contributed by atoms with Crippen molar-refractivity contribution in [3.8, 4) is 5.75 Å². The van der Waals surface area contributed by atoms with Crippen molar-refractivity contribution in [2.24, 2.45) is 0 Å². The van der Waals surface area contributed by atoms with E-state index in [1.165, 1.54) is 12.1 Å². The molecule has 4 heteroatoms. The van der Waals surface area contributed by atoms with Crippen molar-refractivity contribution in [3.05, 3.63) is 59.9 Å². The lowest BCUT2D eigenvalue weighted by Crippen LogP contribution is -2.14. The summed E-state index contributed by atoms with van der Waals surface area (Å²) in [5, 5.41) is 2.86. The van der Waals surface area contributed by atoms with Gasteiger partial charge in [0.1, 0.15) is 11.6 Å². The van der Waals surface area contributed by atoms with Crippen LogP contribution in [-0.2, 0) is 11.2 Å². The molecule has 0 atom stereocenters. The van der Waals surface area contributed by atoms with Crippen LogP contribution in [0.3, 0.4) is 0 Å². The lowest BCUT2D eigenvalue weighted by Gasteiger charge is -2.14. The van der Waals surface area contributed by atoms with E-state index in [1.807, 2.05) is 38.1 Å². The van der Waals surface area contributed by atoms with E-state index in [0.717, 1.165) is 5.56 Å². The van der Waals surface area contributed by atoms with E-state index in [4.69, 9.17) is 4.74 Å². The number of halogens is 1. The zero-order valence-corrected chi connectivity index (χ0v) is 12.8. The second-order valence-corrected chi connectivity index (χ2v) is 5.34. The molecule has 0 spiro atoms. The third-order valence-electron chi connectivity index (χ3n) is 3.08. The van der Waals surface area contributed by atoms with Crippen molar-refractivity contribution in [2.45, 2.75) is 32.8 Å². The maximum absolute atomic E-state index is 12.8. The molecule has 116 valence electrons. The van der Waals surface area contributed by atoms with Crippen molar-refractivity contribution >= 4 is 11.6 Å². The van der Waals surface area contributed by atoms with E-state index >= 15 is 0 Å². The molecule has 2 aromatic carbocycles. The summed E-state index contributed by atoms with van der Waals surface area (Å²) in [6, 6.07) is 13.5. The first-order valence-electron chi connectivity index (χ1n) is 7.34. The van der Waals surface area contributed by atoms with Crippen LogP contribution in [-0.4, -0.2) is 12.0 Å². The van der Waals surface area contributed by atoms with Crippen LogP contribution in [0.1, 0.15) is 25.8 Å². The average Bonchev–Trinajstić information content (AvgIpc) is 2.48. The van der Waals surface area contributed by atoms with Crippen LogP contribution >= 0.6 is 0 Å². The molecule has 0 aliphatic heterocycles. The Morgan fingerprint density at radius 1 is 1.14 bits per heavy atom. The molecule has 0 radical (unpaired) electrons. The van der Waals surface area contributed by atoms with E-state index in [-0.39, 0.29) is 17.8 Å². The minimum absolute atomic E-state index is 0.0391. The highest BCUT2D eigenvalue weighted by Crippen LogP contribution is 2.25. The van der Waals surface area contributed by atoms with Crippen LogP contribution in [0.15, 0.2) is 48.5 Å². The molecule has 0 saturated heterocycles. The van der Waals surface area contributed by atoms with Crippen LogP contribution < -0.4 is 10.1 Å². The number of rotatable bonds is 6. The molecule has 2 aromatic rings. The lowest BCUT2D eigenvalue weighted by atomic mass is 10.1. The molecule has 0 saturated carbocycles. The van der Waals surface area contributed by atoms with Gasteiger partial charge in [-0.15, -0.1) is 0 Å². The van der Waals surface area contributed by atoms with Crippen LogP contribution in [0.4, 0.5) is 10.1 Å². The SMILES string of the molecule is CC(C)Oc1ccccc1NC(=O)CCc1ccc(F)cc1. The summed E-state index contributed by atoms with van der Waals surface area (Å²) in [6.07, 6.45) is 0.943. The Hall–Kier alpha value is -2.36. The Morgan fingerprint density at radius 2 is 1.82 bits per heavy atom. The van der Waals surface area contributed by atoms with Gasteiger partial charge in [-0.25, -0.2) is 4.39 Å². The summed E-state index contributed by atoms with van der Waals surface area (Å²) in [6.45, 7) is 3.88. The molecule has 0 aromatic heterocycles. The van der Waals surface area contributed by atoms with Crippen molar-refractivity contribution < 1.29 is 13.9 Å². The number of para-hydroxylation sites is 2. The van der Waals surface area contributed by atoms with E-state index in [2.05, 4.69) is 5.32 Å².